The number of hydrogen-bond acceptors (Lipinski definition) is 7. The maximum Gasteiger partial charge on any atom is 0.245 e. The highest BCUT2D eigenvalue weighted by Crippen LogP contribution is 2.52. The van der Waals surface area contributed by atoms with Crippen molar-refractivity contribution in [3.8, 4) is 0 Å². The van der Waals surface area contributed by atoms with Crippen molar-refractivity contribution in [2.45, 2.75) is 110 Å². The lowest BCUT2D eigenvalue weighted by Gasteiger charge is -2.42. The van der Waals surface area contributed by atoms with E-state index in [0.29, 0.717) is 12.3 Å². The van der Waals surface area contributed by atoms with E-state index in [1.165, 1.54) is 7.11 Å². The molecule has 0 aromatic heterocycles. The number of hydrogen-bond donors (Lipinski definition) is 3. The predicted octanol–water partition coefficient (Wildman–Crippen LogP) is 1.78. The van der Waals surface area contributed by atoms with Crippen LogP contribution < -0.4 is 16.4 Å². The average Bonchev–Trinajstić information content (AvgIpc) is 3.58. The topological polar surface area (TPSA) is 143 Å². The lowest BCUT2D eigenvalue weighted by Crippen LogP contribution is -2.60. The van der Waals surface area contributed by atoms with Gasteiger partial charge in [-0.25, -0.2) is 0 Å². The molecule has 9 atom stereocenters. The van der Waals surface area contributed by atoms with Crippen LogP contribution in [0.25, 0.3) is 0 Å². The van der Waals surface area contributed by atoms with Gasteiger partial charge in [0.2, 0.25) is 23.6 Å². The summed E-state index contributed by atoms with van der Waals surface area (Å²) in [6.45, 7) is 13.7. The summed E-state index contributed by atoms with van der Waals surface area (Å²) < 4.78 is 11.3. The summed E-state index contributed by atoms with van der Waals surface area (Å²) >= 11 is 0. The minimum absolute atomic E-state index is 0.00774. The smallest absolute Gasteiger partial charge is 0.245 e. The van der Waals surface area contributed by atoms with E-state index in [4.69, 9.17) is 15.2 Å². The Morgan fingerprint density at radius 3 is 2.10 bits per heavy atom. The predicted molar refractivity (Wildman–Crippen MR) is 162 cm³/mol. The first kappa shape index (κ1) is 36.0. The fraction of sp³-hybridized carbons (Fsp3) is 0.871. The molecule has 1 unspecified atom stereocenters. The summed E-state index contributed by atoms with van der Waals surface area (Å²) in [6.07, 6.45) is 1.84. The van der Waals surface area contributed by atoms with Crippen molar-refractivity contribution in [1.82, 2.24) is 20.4 Å². The zero-order chi connectivity index (χ0) is 32.1. The molecule has 0 aromatic rings. The fourth-order valence-corrected chi connectivity index (χ4v) is 6.76. The lowest BCUT2D eigenvalue weighted by atomic mass is 9.79. The number of nitrogens with two attached hydrogens (primary N) is 1. The molecule has 4 amide bonds. The highest BCUT2D eigenvalue weighted by molar-refractivity contribution is 5.90. The molecule has 1 aliphatic heterocycles. The second-order valence-corrected chi connectivity index (χ2v) is 13.4. The Balaban J connectivity index is 2.33. The van der Waals surface area contributed by atoms with Gasteiger partial charge in [0, 0.05) is 33.4 Å². The molecule has 0 bridgehead atoms. The quantitative estimate of drug-likeness (QED) is 0.233. The third kappa shape index (κ3) is 7.63. The van der Waals surface area contributed by atoms with Gasteiger partial charge in [0.15, 0.2) is 0 Å². The van der Waals surface area contributed by atoms with Crippen molar-refractivity contribution in [3.05, 3.63) is 0 Å². The number of nitrogens with zero attached hydrogens (tertiary/aromatic N) is 2. The van der Waals surface area contributed by atoms with E-state index in [0.717, 1.165) is 12.8 Å². The highest BCUT2D eigenvalue weighted by atomic mass is 16.5. The first-order valence-electron chi connectivity index (χ1n) is 15.5. The first-order chi connectivity index (χ1) is 19.6. The Labute approximate surface area is 253 Å². The monoisotopic (exact) mass is 595 g/mol. The second kappa shape index (κ2) is 15.0. The van der Waals surface area contributed by atoms with Gasteiger partial charge in [-0.2, -0.15) is 0 Å². The summed E-state index contributed by atoms with van der Waals surface area (Å²) in [5.74, 6) is -0.789. The number of fused-ring (bicyclic) bond motifs is 1. The molecule has 42 heavy (non-hydrogen) atoms. The number of carbonyl (C=O) groups is 4. The summed E-state index contributed by atoms with van der Waals surface area (Å²) in [4.78, 5) is 57.1. The molecule has 242 valence electrons. The normalized spacial score (nSPS) is 24.8. The molecule has 0 aromatic carbocycles. The van der Waals surface area contributed by atoms with Crippen molar-refractivity contribution >= 4 is 23.6 Å². The molecule has 2 aliphatic rings. The molecule has 1 saturated carbocycles. The van der Waals surface area contributed by atoms with Gasteiger partial charge in [-0.15, -0.1) is 0 Å². The number of nitrogens with one attached hydrogen (secondary N) is 2. The van der Waals surface area contributed by atoms with Gasteiger partial charge in [-0.1, -0.05) is 48.0 Å². The van der Waals surface area contributed by atoms with Gasteiger partial charge >= 0.3 is 0 Å². The maximum atomic E-state index is 14.0. The molecule has 1 aliphatic carbocycles. The van der Waals surface area contributed by atoms with Crippen molar-refractivity contribution in [2.75, 3.05) is 34.9 Å². The summed E-state index contributed by atoms with van der Waals surface area (Å²) in [5.41, 5.74) is 4.83. The zero-order valence-corrected chi connectivity index (χ0v) is 27.7. The van der Waals surface area contributed by atoms with Gasteiger partial charge in [0.25, 0.3) is 0 Å². The molecule has 1 saturated heterocycles. The largest absolute Gasteiger partial charge is 0.383 e. The molecule has 4 N–H and O–H groups in total. The van der Waals surface area contributed by atoms with E-state index in [1.54, 1.807) is 33.0 Å². The Morgan fingerprint density at radius 2 is 1.64 bits per heavy atom. The van der Waals surface area contributed by atoms with Gasteiger partial charge in [0.05, 0.1) is 36.6 Å². The fourth-order valence-electron chi connectivity index (χ4n) is 6.76. The van der Waals surface area contributed by atoms with Gasteiger partial charge in [-0.3, -0.25) is 19.2 Å². The van der Waals surface area contributed by atoms with Crippen LogP contribution >= 0.6 is 0 Å². The Kier molecular flexibility index (Phi) is 12.8. The van der Waals surface area contributed by atoms with Crippen LogP contribution in [0.15, 0.2) is 0 Å². The first-order valence-corrected chi connectivity index (χ1v) is 15.5. The van der Waals surface area contributed by atoms with E-state index < -0.39 is 35.6 Å². The molecular weight excluding hydrogens is 538 g/mol. The molecular formula is C31H57N5O6. The number of rotatable bonds is 17. The van der Waals surface area contributed by atoms with Gasteiger partial charge in [0.1, 0.15) is 6.04 Å². The standard InChI is InChI=1S/C31H57N5O6/c1-12-19(6)27(35(9)29(39)26(18(4)5)34-28(38)25(33-8)17(2)3)22(42-11)15-24(37)36-21-13-20(21)14-23(36)31(7,16-41-10)30(32)40/h17-23,25-27,33H,12-16H2,1-11H3,(H2,32,40)(H,34,38)/t19-,20-,21-,22+,23-,25-,26-,27-,31?/m0/s1. The molecule has 2 rings (SSSR count). The van der Waals surface area contributed by atoms with E-state index in [-0.39, 0.29) is 60.6 Å². The average molecular weight is 596 g/mol. The summed E-state index contributed by atoms with van der Waals surface area (Å²) in [5, 5.41) is 6.02. The van der Waals surface area contributed by atoms with Crippen LogP contribution in [-0.2, 0) is 28.7 Å². The zero-order valence-electron chi connectivity index (χ0n) is 27.7. The van der Waals surface area contributed by atoms with Crippen molar-refractivity contribution < 1.29 is 28.7 Å². The van der Waals surface area contributed by atoms with Crippen molar-refractivity contribution in [3.63, 3.8) is 0 Å². The van der Waals surface area contributed by atoms with E-state index >= 15 is 0 Å². The van der Waals surface area contributed by atoms with Crippen LogP contribution in [0.5, 0.6) is 0 Å². The molecule has 11 nitrogen and oxygen atoms in total. The number of likely N-dealkylation sites (N-methyl/N-ethyl adjacent to an activating group) is 2. The molecule has 0 radical (unpaired) electrons. The van der Waals surface area contributed by atoms with Crippen LogP contribution in [0.2, 0.25) is 0 Å². The van der Waals surface area contributed by atoms with Crippen LogP contribution in [0.1, 0.15) is 74.1 Å². The van der Waals surface area contributed by atoms with Gasteiger partial charge < -0.3 is 35.6 Å². The van der Waals surface area contributed by atoms with E-state index in [2.05, 4.69) is 10.6 Å². The number of piperidine rings is 1. The van der Waals surface area contributed by atoms with Crippen molar-refractivity contribution in [2.24, 2.45) is 34.8 Å². The number of carbonyl (C=O) groups excluding carboxylic acids is 4. The third-order valence-electron chi connectivity index (χ3n) is 9.71. The number of methoxy groups -OCH3 is 2. The maximum absolute atomic E-state index is 14.0. The van der Waals surface area contributed by atoms with Crippen LogP contribution in [0, 0.1) is 29.1 Å². The minimum atomic E-state index is -1.01. The molecule has 2 fully saturated rings. The van der Waals surface area contributed by atoms with Crippen molar-refractivity contribution in [1.29, 1.82) is 0 Å². The molecule has 11 heteroatoms. The van der Waals surface area contributed by atoms with Gasteiger partial charge in [-0.05, 0) is 50.5 Å². The van der Waals surface area contributed by atoms with Crippen LogP contribution in [0.4, 0.5) is 0 Å². The van der Waals surface area contributed by atoms with E-state index in [9.17, 15) is 19.2 Å². The third-order valence-corrected chi connectivity index (χ3v) is 9.71. The Bertz CT molecular complexity index is 960. The molecule has 0 spiro atoms. The number of likely N-dealkylation sites (tertiary alicyclic amines) is 1. The highest BCUT2D eigenvalue weighted by Gasteiger charge is 2.60. The number of amides is 4. The Hall–Kier alpha value is -2.24. The second-order valence-electron chi connectivity index (χ2n) is 13.4. The van der Waals surface area contributed by atoms with Crippen LogP contribution in [0.3, 0.4) is 0 Å². The SMILES string of the molecule is CC[C@H](C)[C@@H]([C@@H](CC(=O)N1[C@H](C(C)(COC)C(N)=O)C[C@@H]2C[C@@H]21)OC)N(C)C(=O)[C@@H](NC(=O)[C@@H](NC)C(C)C)C(C)C. The Morgan fingerprint density at radius 1 is 1.05 bits per heavy atom. The summed E-state index contributed by atoms with van der Waals surface area (Å²) in [7, 11) is 6.56. The lowest BCUT2D eigenvalue weighted by molar-refractivity contribution is -0.149. The molecule has 1 heterocycles. The van der Waals surface area contributed by atoms with E-state index in [1.807, 2.05) is 46.4 Å². The summed E-state index contributed by atoms with van der Waals surface area (Å²) in [6, 6.07) is -1.86. The number of primary amides is 1. The number of ether oxygens (including phenoxy) is 2. The van der Waals surface area contributed by atoms with Crippen LogP contribution in [-0.4, -0.2) is 105 Å². The minimum Gasteiger partial charge on any atom is -0.383 e.